The normalized spacial score (nSPS) is 12.2. The minimum absolute atomic E-state index is 0.340. The van der Waals surface area contributed by atoms with Crippen molar-refractivity contribution in [1.29, 1.82) is 0 Å². The van der Waals surface area contributed by atoms with Gasteiger partial charge in [0, 0.05) is 0 Å². The number of benzene rings is 1. The van der Waals surface area contributed by atoms with E-state index in [1.54, 1.807) is 38.1 Å². The molecule has 1 atom stereocenters. The summed E-state index contributed by atoms with van der Waals surface area (Å²) in [4.78, 5) is 11.4. The van der Waals surface area contributed by atoms with E-state index in [9.17, 15) is 9.90 Å². The van der Waals surface area contributed by atoms with Crippen LogP contribution in [0.3, 0.4) is 0 Å². The summed E-state index contributed by atoms with van der Waals surface area (Å²) in [5, 5.41) is 9.41. The summed E-state index contributed by atoms with van der Waals surface area (Å²) in [6.07, 6.45) is -0.657. The molecule has 0 heterocycles. The lowest BCUT2D eigenvalue weighted by molar-refractivity contribution is 0.0520. The lowest BCUT2D eigenvalue weighted by Crippen LogP contribution is -2.09. The van der Waals surface area contributed by atoms with Gasteiger partial charge < -0.3 is 9.84 Å². The molecule has 14 heavy (non-hydrogen) atoms. The second-order valence-electron chi connectivity index (χ2n) is 2.98. The molecule has 1 unspecified atom stereocenters. The van der Waals surface area contributed by atoms with Gasteiger partial charge in [-0.25, -0.2) is 4.79 Å². The molecule has 0 aliphatic rings. The number of rotatable bonds is 3. The molecule has 76 valence electrons. The maximum atomic E-state index is 11.4. The average Bonchev–Trinajstić information content (AvgIpc) is 2.18. The van der Waals surface area contributed by atoms with Crippen molar-refractivity contribution >= 4 is 5.97 Å². The molecule has 3 heteroatoms. The fourth-order valence-electron chi connectivity index (χ4n) is 1.26. The van der Waals surface area contributed by atoms with Crippen molar-refractivity contribution in [2.45, 2.75) is 20.0 Å². The number of ether oxygens (including phenoxy) is 1. The molecular formula is C11H14O3. The molecule has 0 saturated carbocycles. The Morgan fingerprint density at radius 2 is 2.14 bits per heavy atom. The van der Waals surface area contributed by atoms with Crippen LogP contribution < -0.4 is 0 Å². The van der Waals surface area contributed by atoms with Crippen LogP contribution in [0.5, 0.6) is 0 Å². The zero-order chi connectivity index (χ0) is 10.6. The molecule has 0 fully saturated rings. The lowest BCUT2D eigenvalue weighted by atomic mass is 10.0. The molecule has 0 amide bonds. The number of esters is 1. The van der Waals surface area contributed by atoms with Gasteiger partial charge in [-0.15, -0.1) is 0 Å². The molecule has 3 nitrogen and oxygen atoms in total. The third-order valence-electron chi connectivity index (χ3n) is 1.91. The van der Waals surface area contributed by atoms with Crippen molar-refractivity contribution < 1.29 is 14.6 Å². The van der Waals surface area contributed by atoms with Crippen molar-refractivity contribution in [3.8, 4) is 0 Å². The van der Waals surface area contributed by atoms with Gasteiger partial charge in [-0.3, -0.25) is 0 Å². The molecule has 0 radical (unpaired) electrons. The van der Waals surface area contributed by atoms with E-state index in [-0.39, 0.29) is 5.97 Å². The molecule has 0 bridgehead atoms. The number of aliphatic hydroxyl groups is 1. The molecule has 1 N–H and O–H groups in total. The second kappa shape index (κ2) is 4.77. The first-order chi connectivity index (χ1) is 6.66. The first-order valence-electron chi connectivity index (χ1n) is 4.61. The molecular weight excluding hydrogens is 180 g/mol. The number of hydrogen-bond acceptors (Lipinski definition) is 3. The van der Waals surface area contributed by atoms with Crippen molar-refractivity contribution in [3.05, 3.63) is 35.4 Å². The van der Waals surface area contributed by atoms with E-state index in [4.69, 9.17) is 4.74 Å². The van der Waals surface area contributed by atoms with E-state index in [1.807, 2.05) is 0 Å². The Morgan fingerprint density at radius 3 is 2.71 bits per heavy atom. The minimum atomic E-state index is -0.657. The zero-order valence-corrected chi connectivity index (χ0v) is 8.36. The highest BCUT2D eigenvalue weighted by Gasteiger charge is 2.14. The average molecular weight is 194 g/mol. The minimum Gasteiger partial charge on any atom is -0.462 e. The number of hydrogen-bond donors (Lipinski definition) is 1. The van der Waals surface area contributed by atoms with Crippen LogP contribution in [0, 0.1) is 0 Å². The van der Waals surface area contributed by atoms with E-state index in [1.165, 1.54) is 0 Å². The Morgan fingerprint density at radius 1 is 1.50 bits per heavy atom. The smallest absolute Gasteiger partial charge is 0.338 e. The molecule has 0 aliphatic heterocycles. The maximum Gasteiger partial charge on any atom is 0.338 e. The first kappa shape index (κ1) is 10.7. The van der Waals surface area contributed by atoms with Gasteiger partial charge in [-0.2, -0.15) is 0 Å². The summed E-state index contributed by atoms with van der Waals surface area (Å²) < 4.78 is 4.87. The van der Waals surface area contributed by atoms with Crippen LogP contribution in [0.2, 0.25) is 0 Å². The summed E-state index contributed by atoms with van der Waals surface area (Å²) in [6, 6.07) is 6.90. The van der Waals surface area contributed by atoms with Gasteiger partial charge in [0.25, 0.3) is 0 Å². The van der Waals surface area contributed by atoms with Crippen LogP contribution in [0.25, 0.3) is 0 Å². The second-order valence-corrected chi connectivity index (χ2v) is 2.98. The van der Waals surface area contributed by atoms with E-state index in [2.05, 4.69) is 0 Å². The number of aliphatic hydroxyl groups excluding tert-OH is 1. The highest BCUT2D eigenvalue weighted by atomic mass is 16.5. The summed E-state index contributed by atoms with van der Waals surface area (Å²) in [7, 11) is 0. The molecule has 0 aromatic heterocycles. The Balaban J connectivity index is 3.00. The van der Waals surface area contributed by atoms with Crippen molar-refractivity contribution in [1.82, 2.24) is 0 Å². The third kappa shape index (κ3) is 2.33. The Kier molecular flexibility index (Phi) is 3.65. The Bertz CT molecular complexity index is 318. The summed E-state index contributed by atoms with van der Waals surface area (Å²) in [5.41, 5.74) is 1.04. The van der Waals surface area contributed by atoms with E-state index >= 15 is 0 Å². The highest BCUT2D eigenvalue weighted by molar-refractivity contribution is 5.91. The summed E-state index contributed by atoms with van der Waals surface area (Å²) in [5.74, 6) is -0.385. The van der Waals surface area contributed by atoms with Gasteiger partial charge in [-0.1, -0.05) is 18.2 Å². The van der Waals surface area contributed by atoms with Gasteiger partial charge in [-0.05, 0) is 25.5 Å². The zero-order valence-electron chi connectivity index (χ0n) is 8.36. The predicted molar refractivity (Wildman–Crippen MR) is 53.0 cm³/mol. The molecule has 0 aliphatic carbocycles. The van der Waals surface area contributed by atoms with Crippen LogP contribution >= 0.6 is 0 Å². The van der Waals surface area contributed by atoms with Gasteiger partial charge in [0.15, 0.2) is 0 Å². The Hall–Kier alpha value is -1.35. The van der Waals surface area contributed by atoms with Crippen LogP contribution in [-0.2, 0) is 4.74 Å². The third-order valence-corrected chi connectivity index (χ3v) is 1.91. The van der Waals surface area contributed by atoms with Crippen molar-refractivity contribution in [2.24, 2.45) is 0 Å². The van der Waals surface area contributed by atoms with E-state index < -0.39 is 6.10 Å². The van der Waals surface area contributed by atoms with Crippen molar-refractivity contribution in [3.63, 3.8) is 0 Å². The van der Waals surface area contributed by atoms with Crippen LogP contribution in [-0.4, -0.2) is 17.7 Å². The van der Waals surface area contributed by atoms with E-state index in [0.717, 1.165) is 0 Å². The summed E-state index contributed by atoms with van der Waals surface area (Å²) >= 11 is 0. The monoisotopic (exact) mass is 194 g/mol. The quantitative estimate of drug-likeness (QED) is 0.748. The van der Waals surface area contributed by atoms with Gasteiger partial charge >= 0.3 is 5.97 Å². The van der Waals surface area contributed by atoms with Gasteiger partial charge in [0.2, 0.25) is 0 Å². The molecule has 0 spiro atoms. The summed E-state index contributed by atoms with van der Waals surface area (Å²) in [6.45, 7) is 3.72. The largest absolute Gasteiger partial charge is 0.462 e. The van der Waals surface area contributed by atoms with Crippen LogP contribution in [0.1, 0.15) is 35.9 Å². The lowest BCUT2D eigenvalue weighted by Gasteiger charge is -2.10. The standard InChI is InChI=1S/C11H14O3/c1-3-14-11(13)10-7-5-4-6-9(10)8(2)12/h4-8,12H,3H2,1-2H3. The van der Waals surface area contributed by atoms with Crippen LogP contribution in [0.4, 0.5) is 0 Å². The van der Waals surface area contributed by atoms with Crippen LogP contribution in [0.15, 0.2) is 24.3 Å². The topological polar surface area (TPSA) is 46.5 Å². The van der Waals surface area contributed by atoms with Gasteiger partial charge in [0.1, 0.15) is 0 Å². The first-order valence-corrected chi connectivity index (χ1v) is 4.61. The molecule has 0 saturated heterocycles. The number of carbonyl (C=O) groups excluding carboxylic acids is 1. The fourth-order valence-corrected chi connectivity index (χ4v) is 1.26. The van der Waals surface area contributed by atoms with Crippen molar-refractivity contribution in [2.75, 3.05) is 6.61 Å². The fraction of sp³-hybridized carbons (Fsp3) is 0.364. The predicted octanol–water partition coefficient (Wildman–Crippen LogP) is 1.92. The highest BCUT2D eigenvalue weighted by Crippen LogP contribution is 2.17. The molecule has 1 aromatic carbocycles. The van der Waals surface area contributed by atoms with Gasteiger partial charge in [0.05, 0.1) is 18.3 Å². The van der Waals surface area contributed by atoms with E-state index in [0.29, 0.717) is 17.7 Å². The Labute approximate surface area is 83.3 Å². The maximum absolute atomic E-state index is 11.4. The SMILES string of the molecule is CCOC(=O)c1ccccc1C(C)O. The molecule has 1 rings (SSSR count). The molecule has 1 aromatic rings. The number of carbonyl (C=O) groups is 1.